The van der Waals surface area contributed by atoms with E-state index in [2.05, 4.69) is 15.1 Å². The molecule has 1 saturated carbocycles. The van der Waals surface area contributed by atoms with E-state index in [9.17, 15) is 22.8 Å². The fourth-order valence-corrected chi connectivity index (χ4v) is 3.17. The molecule has 2 aromatic heterocycles. The van der Waals surface area contributed by atoms with Gasteiger partial charge in [0.15, 0.2) is 11.5 Å². The van der Waals surface area contributed by atoms with Gasteiger partial charge in [0.25, 0.3) is 0 Å². The van der Waals surface area contributed by atoms with Crippen molar-refractivity contribution in [2.24, 2.45) is 0 Å². The number of imidazole rings is 1. The van der Waals surface area contributed by atoms with Crippen LogP contribution in [-0.2, 0) is 10.9 Å². The van der Waals surface area contributed by atoms with Gasteiger partial charge in [-0.25, -0.2) is 9.78 Å². The van der Waals surface area contributed by atoms with Crippen molar-refractivity contribution in [3.63, 3.8) is 0 Å². The lowest BCUT2D eigenvalue weighted by atomic mass is 9.94. The van der Waals surface area contributed by atoms with Gasteiger partial charge in [0, 0.05) is 29.4 Å². The van der Waals surface area contributed by atoms with Crippen LogP contribution in [0.2, 0.25) is 0 Å². The Morgan fingerprint density at radius 2 is 2.07 bits per heavy atom. The largest absolute Gasteiger partial charge is 0.461 e. The van der Waals surface area contributed by atoms with Gasteiger partial charge in [0.1, 0.15) is 11.4 Å². The molecular weight excluding hydrogens is 403 g/mol. The number of carbonyl (C=O) groups is 2. The first kappa shape index (κ1) is 19.9. The van der Waals surface area contributed by atoms with Crippen molar-refractivity contribution in [1.29, 1.82) is 0 Å². The van der Waals surface area contributed by atoms with Crippen molar-refractivity contribution in [2.45, 2.75) is 31.9 Å². The minimum absolute atomic E-state index is 0.0176. The second kappa shape index (κ2) is 7.43. The Hall–Kier alpha value is -3.43. The third-order valence-corrected chi connectivity index (χ3v) is 4.70. The molecule has 3 aromatic rings. The maximum absolute atomic E-state index is 13.8. The van der Waals surface area contributed by atoms with Crippen LogP contribution in [0.1, 0.15) is 63.4 Å². The van der Waals surface area contributed by atoms with E-state index in [0.29, 0.717) is 12.8 Å². The highest BCUT2D eigenvalue weighted by molar-refractivity contribution is 6.15. The van der Waals surface area contributed by atoms with Crippen molar-refractivity contribution in [1.82, 2.24) is 15.1 Å². The third-order valence-electron chi connectivity index (χ3n) is 4.70. The Morgan fingerprint density at radius 1 is 1.30 bits per heavy atom. The number of benzene rings is 1. The molecule has 1 aliphatic rings. The molecule has 1 N–H and O–H groups in total. The van der Waals surface area contributed by atoms with Crippen LogP contribution in [0, 0.1) is 0 Å². The van der Waals surface area contributed by atoms with E-state index in [1.165, 1.54) is 18.5 Å². The number of H-pyrrole nitrogens is 1. The van der Waals surface area contributed by atoms with Crippen molar-refractivity contribution >= 4 is 11.8 Å². The molecule has 0 amide bonds. The molecule has 2 heterocycles. The number of carbonyl (C=O) groups excluding carboxylic acids is 2. The zero-order chi connectivity index (χ0) is 21.5. The summed E-state index contributed by atoms with van der Waals surface area (Å²) in [5, 5.41) is 3.63. The number of alkyl halides is 3. The minimum atomic E-state index is -4.81. The number of nitrogens with zero attached hydrogens (tertiary/aromatic N) is 2. The number of aromatic amines is 1. The summed E-state index contributed by atoms with van der Waals surface area (Å²) in [6.07, 6.45) is -0.532. The first-order valence-electron chi connectivity index (χ1n) is 9.23. The quantitative estimate of drug-likeness (QED) is 0.471. The molecule has 0 aliphatic heterocycles. The second-order valence-electron chi connectivity index (χ2n) is 6.79. The van der Waals surface area contributed by atoms with Crippen LogP contribution in [0.25, 0.3) is 11.4 Å². The Morgan fingerprint density at radius 3 is 2.67 bits per heavy atom. The molecule has 1 fully saturated rings. The molecule has 4 rings (SSSR count). The average molecular weight is 419 g/mol. The van der Waals surface area contributed by atoms with Crippen molar-refractivity contribution < 1.29 is 32.0 Å². The second-order valence-corrected chi connectivity index (χ2v) is 6.79. The van der Waals surface area contributed by atoms with Gasteiger partial charge >= 0.3 is 12.1 Å². The molecule has 0 radical (unpaired) electrons. The highest BCUT2D eigenvalue weighted by atomic mass is 19.4. The van der Waals surface area contributed by atoms with E-state index in [4.69, 9.17) is 9.26 Å². The monoisotopic (exact) mass is 419 g/mol. The highest BCUT2D eigenvalue weighted by Crippen LogP contribution is 2.44. The van der Waals surface area contributed by atoms with Gasteiger partial charge in [-0.1, -0.05) is 11.2 Å². The van der Waals surface area contributed by atoms with Gasteiger partial charge in [-0.15, -0.1) is 0 Å². The van der Waals surface area contributed by atoms with E-state index in [1.807, 2.05) is 0 Å². The first-order chi connectivity index (χ1) is 14.3. The van der Waals surface area contributed by atoms with Gasteiger partial charge < -0.3 is 14.2 Å². The summed E-state index contributed by atoms with van der Waals surface area (Å²) in [6.45, 7) is 1.58. The van der Waals surface area contributed by atoms with E-state index < -0.39 is 34.7 Å². The maximum atomic E-state index is 13.8. The van der Waals surface area contributed by atoms with Gasteiger partial charge in [-0.2, -0.15) is 13.2 Å². The summed E-state index contributed by atoms with van der Waals surface area (Å²) in [6, 6.07) is 3.28. The number of aromatic nitrogens is 3. The van der Waals surface area contributed by atoms with E-state index in [0.717, 1.165) is 12.1 Å². The number of ketones is 1. The zero-order valence-corrected chi connectivity index (χ0v) is 15.7. The van der Waals surface area contributed by atoms with Crippen molar-refractivity contribution in [3.8, 4) is 11.4 Å². The number of hydrogen-bond donors (Lipinski definition) is 1. The minimum Gasteiger partial charge on any atom is -0.461 e. The average Bonchev–Trinajstić information content (AvgIpc) is 3.23. The molecule has 1 aliphatic carbocycles. The molecule has 0 saturated heterocycles. The predicted molar refractivity (Wildman–Crippen MR) is 96.9 cm³/mol. The lowest BCUT2D eigenvalue weighted by Gasteiger charge is -2.14. The van der Waals surface area contributed by atoms with Crippen LogP contribution in [0.4, 0.5) is 13.2 Å². The molecular formula is C20H16F3N3O4. The SMILES string of the molecule is CCOC(=O)c1noc(C2CC2)c1C(=O)c1ccc(-c2ncc[nH]2)cc1C(F)(F)F. The first-order valence-corrected chi connectivity index (χ1v) is 9.23. The van der Waals surface area contributed by atoms with Gasteiger partial charge in [-0.05, 0) is 31.9 Å². The van der Waals surface area contributed by atoms with Gasteiger partial charge in [-0.3, -0.25) is 4.79 Å². The van der Waals surface area contributed by atoms with Crippen LogP contribution >= 0.6 is 0 Å². The smallest absolute Gasteiger partial charge is 0.417 e. The van der Waals surface area contributed by atoms with Crippen LogP contribution < -0.4 is 0 Å². The lowest BCUT2D eigenvalue weighted by Crippen LogP contribution is -2.17. The Labute approximate surface area is 168 Å². The fraction of sp³-hybridized carbons (Fsp3) is 0.300. The number of halogens is 3. The summed E-state index contributed by atoms with van der Waals surface area (Å²) in [5.41, 5.74) is -2.26. The molecule has 0 atom stereocenters. The number of rotatable bonds is 6. The molecule has 30 heavy (non-hydrogen) atoms. The summed E-state index contributed by atoms with van der Waals surface area (Å²) in [5.74, 6) is -1.71. The molecule has 1 aromatic carbocycles. The summed E-state index contributed by atoms with van der Waals surface area (Å²) >= 11 is 0. The predicted octanol–water partition coefficient (Wildman–Crippen LogP) is 4.37. The number of nitrogens with one attached hydrogen (secondary N) is 1. The topological polar surface area (TPSA) is 98.1 Å². The fourth-order valence-electron chi connectivity index (χ4n) is 3.17. The van der Waals surface area contributed by atoms with E-state index in [1.54, 1.807) is 6.92 Å². The third kappa shape index (κ3) is 3.60. The Bertz CT molecular complexity index is 1100. The zero-order valence-electron chi connectivity index (χ0n) is 15.7. The van der Waals surface area contributed by atoms with Crippen molar-refractivity contribution in [3.05, 3.63) is 58.7 Å². The Kier molecular flexibility index (Phi) is 4.92. The molecule has 0 bridgehead atoms. The van der Waals surface area contributed by atoms with Crippen LogP contribution in [-0.4, -0.2) is 33.5 Å². The summed E-state index contributed by atoms with van der Waals surface area (Å²) in [7, 11) is 0. The normalized spacial score (nSPS) is 14.0. The number of hydrogen-bond acceptors (Lipinski definition) is 6. The highest BCUT2D eigenvalue weighted by Gasteiger charge is 2.41. The van der Waals surface area contributed by atoms with Crippen LogP contribution in [0.3, 0.4) is 0 Å². The van der Waals surface area contributed by atoms with Crippen molar-refractivity contribution in [2.75, 3.05) is 6.61 Å². The summed E-state index contributed by atoms with van der Waals surface area (Å²) < 4.78 is 51.5. The van der Waals surface area contributed by atoms with Crippen LogP contribution in [0.15, 0.2) is 35.1 Å². The number of esters is 1. The van der Waals surface area contributed by atoms with E-state index in [-0.39, 0.29) is 35.2 Å². The molecule has 0 spiro atoms. The molecule has 10 heteroatoms. The van der Waals surface area contributed by atoms with Crippen LogP contribution in [0.5, 0.6) is 0 Å². The standard InChI is InChI=1S/C20H16F3N3O4/c1-2-29-19(28)15-14(17(30-26-15)10-3-4-10)16(27)12-6-5-11(18-24-7-8-25-18)9-13(12)20(21,22)23/h5-10H,2-4H2,1H3,(H,24,25). The maximum Gasteiger partial charge on any atom is 0.417 e. The summed E-state index contributed by atoms with van der Waals surface area (Å²) in [4.78, 5) is 32.1. The molecule has 0 unspecified atom stereocenters. The Balaban J connectivity index is 1.84. The van der Waals surface area contributed by atoms with Gasteiger partial charge in [0.2, 0.25) is 5.69 Å². The van der Waals surface area contributed by atoms with E-state index >= 15 is 0 Å². The number of ether oxygens (including phenoxy) is 1. The molecule has 156 valence electrons. The molecule has 7 nitrogen and oxygen atoms in total. The van der Waals surface area contributed by atoms with Gasteiger partial charge in [0.05, 0.1) is 12.2 Å². The lowest BCUT2D eigenvalue weighted by molar-refractivity contribution is -0.137.